The van der Waals surface area contributed by atoms with Gasteiger partial charge in [-0.05, 0) is 11.6 Å². The van der Waals surface area contributed by atoms with Gasteiger partial charge in [0.25, 0.3) is 0 Å². The van der Waals surface area contributed by atoms with Gasteiger partial charge < -0.3 is 26.8 Å². The number of esters is 1. The van der Waals surface area contributed by atoms with Gasteiger partial charge in [-0.15, -0.1) is 0 Å². The lowest BCUT2D eigenvalue weighted by molar-refractivity contribution is -0.145. The van der Waals surface area contributed by atoms with E-state index in [1.54, 1.807) is 0 Å². The van der Waals surface area contributed by atoms with Gasteiger partial charge in [-0.3, -0.25) is 4.79 Å². The first-order valence-corrected chi connectivity index (χ1v) is 7.21. The third-order valence-electron chi connectivity index (χ3n) is 2.74. The monoisotopic (exact) mass is 288 g/mol. The smallest absolute Gasteiger partial charge is 0.323 e. The van der Waals surface area contributed by atoms with Gasteiger partial charge in [0.1, 0.15) is 12.6 Å². The summed E-state index contributed by atoms with van der Waals surface area (Å²) >= 11 is 0. The molecule has 118 valence electrons. The van der Waals surface area contributed by atoms with Gasteiger partial charge in [0.2, 0.25) is 5.96 Å². The van der Waals surface area contributed by atoms with Crippen LogP contribution in [-0.2, 0) is 14.4 Å². The number of guanidine groups is 1. The second-order valence-electron chi connectivity index (χ2n) is 4.68. The summed E-state index contributed by atoms with van der Waals surface area (Å²) in [6.07, 6.45) is 7.19. The summed E-state index contributed by atoms with van der Waals surface area (Å²) in [6, 6.07) is -0.704. The zero-order valence-corrected chi connectivity index (χ0v) is 12.3. The number of hydrogen-bond acceptors (Lipinski definition) is 5. The van der Waals surface area contributed by atoms with Crippen molar-refractivity contribution >= 4 is 11.9 Å². The van der Waals surface area contributed by atoms with E-state index in [0.29, 0.717) is 13.0 Å². The Morgan fingerprint density at radius 3 is 2.40 bits per heavy atom. The first-order chi connectivity index (χ1) is 9.57. The summed E-state index contributed by atoms with van der Waals surface area (Å²) in [7, 11) is 0. The summed E-state index contributed by atoms with van der Waals surface area (Å²) in [5.41, 5.74) is 15.8. The standard InChI is InChI=1S/C13H28N4O3/c1-2-3-4-5-6-7-9-19-12(18)11(14)8-10-20-17-13(15)16/h11H,2-10,14H2,1H3,(H4,15,16,17). The van der Waals surface area contributed by atoms with Gasteiger partial charge in [-0.25, -0.2) is 0 Å². The number of oxime groups is 1. The molecule has 0 saturated heterocycles. The largest absolute Gasteiger partial charge is 0.465 e. The Morgan fingerprint density at radius 1 is 1.10 bits per heavy atom. The molecule has 0 aliphatic rings. The van der Waals surface area contributed by atoms with E-state index >= 15 is 0 Å². The van der Waals surface area contributed by atoms with Crippen molar-refractivity contribution in [1.29, 1.82) is 0 Å². The van der Waals surface area contributed by atoms with E-state index in [9.17, 15) is 4.79 Å². The lowest BCUT2D eigenvalue weighted by Gasteiger charge is -2.10. The molecule has 0 bridgehead atoms. The van der Waals surface area contributed by atoms with Crippen LogP contribution in [0, 0.1) is 0 Å². The van der Waals surface area contributed by atoms with Crippen molar-refractivity contribution in [2.24, 2.45) is 22.4 Å². The van der Waals surface area contributed by atoms with E-state index in [-0.39, 0.29) is 12.6 Å². The number of nitrogens with zero attached hydrogens (tertiary/aromatic N) is 1. The minimum absolute atomic E-state index is 0.163. The highest BCUT2D eigenvalue weighted by Crippen LogP contribution is 2.05. The third-order valence-corrected chi connectivity index (χ3v) is 2.74. The second-order valence-corrected chi connectivity index (χ2v) is 4.68. The average Bonchev–Trinajstić information content (AvgIpc) is 2.41. The number of carbonyl (C=O) groups excluding carboxylic acids is 1. The van der Waals surface area contributed by atoms with Gasteiger partial charge in [-0.1, -0.05) is 39.0 Å². The summed E-state index contributed by atoms with van der Waals surface area (Å²) in [5.74, 6) is -0.573. The molecule has 1 unspecified atom stereocenters. The molecule has 6 N–H and O–H groups in total. The Labute approximate surface area is 120 Å². The molecule has 7 nitrogen and oxygen atoms in total. The Kier molecular flexibility index (Phi) is 11.6. The number of hydrogen-bond donors (Lipinski definition) is 3. The molecule has 0 aliphatic carbocycles. The van der Waals surface area contributed by atoms with E-state index in [2.05, 4.69) is 12.1 Å². The number of nitrogens with two attached hydrogens (primary N) is 3. The Balaban J connectivity index is 3.48. The van der Waals surface area contributed by atoms with Crippen molar-refractivity contribution < 1.29 is 14.4 Å². The topological polar surface area (TPSA) is 126 Å². The molecule has 0 amide bonds. The lowest BCUT2D eigenvalue weighted by Crippen LogP contribution is -2.33. The highest BCUT2D eigenvalue weighted by atomic mass is 16.6. The Bertz CT molecular complexity index is 281. The fourth-order valence-corrected chi connectivity index (χ4v) is 1.58. The fraction of sp³-hybridized carbons (Fsp3) is 0.846. The zero-order chi connectivity index (χ0) is 15.2. The van der Waals surface area contributed by atoms with Crippen LogP contribution in [0.1, 0.15) is 51.9 Å². The molecule has 0 aromatic heterocycles. The van der Waals surface area contributed by atoms with Crippen LogP contribution in [0.5, 0.6) is 0 Å². The SMILES string of the molecule is CCCCCCCCOC(=O)C(N)CCON=C(N)N. The van der Waals surface area contributed by atoms with Crippen LogP contribution in [0.4, 0.5) is 0 Å². The third kappa shape index (κ3) is 11.6. The molecule has 1 atom stereocenters. The van der Waals surface area contributed by atoms with Gasteiger partial charge in [0, 0.05) is 6.42 Å². The Morgan fingerprint density at radius 2 is 1.75 bits per heavy atom. The first kappa shape index (κ1) is 18.5. The molecule has 0 spiro atoms. The molecular weight excluding hydrogens is 260 g/mol. The van der Waals surface area contributed by atoms with Crippen molar-refractivity contribution in [2.75, 3.05) is 13.2 Å². The molecule has 0 saturated carbocycles. The number of ether oxygens (including phenoxy) is 1. The molecule has 0 radical (unpaired) electrons. The molecule has 0 aromatic rings. The predicted molar refractivity (Wildman–Crippen MR) is 78.7 cm³/mol. The second kappa shape index (κ2) is 12.5. The molecule has 20 heavy (non-hydrogen) atoms. The quantitative estimate of drug-likeness (QED) is 0.160. The van der Waals surface area contributed by atoms with Crippen molar-refractivity contribution in [1.82, 2.24) is 0 Å². The van der Waals surface area contributed by atoms with Gasteiger partial charge in [0.15, 0.2) is 0 Å². The minimum atomic E-state index is -0.704. The van der Waals surface area contributed by atoms with Crippen LogP contribution in [0.15, 0.2) is 5.16 Å². The van der Waals surface area contributed by atoms with Crippen LogP contribution >= 0.6 is 0 Å². The molecule has 0 aliphatic heterocycles. The van der Waals surface area contributed by atoms with Crippen molar-refractivity contribution in [2.45, 2.75) is 57.9 Å². The molecule has 0 fully saturated rings. The van der Waals surface area contributed by atoms with E-state index < -0.39 is 12.0 Å². The van der Waals surface area contributed by atoms with Gasteiger partial charge in [-0.2, -0.15) is 0 Å². The molecule has 0 rings (SSSR count). The van der Waals surface area contributed by atoms with Crippen LogP contribution < -0.4 is 17.2 Å². The maximum atomic E-state index is 11.5. The van der Waals surface area contributed by atoms with Gasteiger partial charge >= 0.3 is 5.97 Å². The average molecular weight is 288 g/mol. The van der Waals surface area contributed by atoms with Crippen molar-refractivity contribution in [3.8, 4) is 0 Å². The van der Waals surface area contributed by atoms with Crippen LogP contribution in [0.2, 0.25) is 0 Å². The molecule has 0 aromatic carbocycles. The molecule has 0 heterocycles. The fourth-order valence-electron chi connectivity index (χ4n) is 1.58. The summed E-state index contributed by atoms with van der Waals surface area (Å²) < 4.78 is 5.08. The minimum Gasteiger partial charge on any atom is -0.465 e. The molecular formula is C13H28N4O3. The van der Waals surface area contributed by atoms with Crippen LogP contribution in [0.3, 0.4) is 0 Å². The summed E-state index contributed by atoms with van der Waals surface area (Å²) in [4.78, 5) is 16.3. The number of carbonyl (C=O) groups is 1. The Hall–Kier alpha value is -1.50. The van der Waals surface area contributed by atoms with Crippen LogP contribution in [-0.4, -0.2) is 31.2 Å². The van der Waals surface area contributed by atoms with Crippen molar-refractivity contribution in [3.63, 3.8) is 0 Å². The summed E-state index contributed by atoms with van der Waals surface area (Å²) in [6.45, 7) is 2.78. The maximum Gasteiger partial charge on any atom is 0.323 e. The number of rotatable bonds is 12. The number of unbranched alkanes of at least 4 members (excludes halogenated alkanes) is 5. The van der Waals surface area contributed by atoms with E-state index in [1.807, 2.05) is 0 Å². The molecule has 7 heteroatoms. The van der Waals surface area contributed by atoms with E-state index in [0.717, 1.165) is 12.8 Å². The lowest BCUT2D eigenvalue weighted by atomic mass is 10.1. The normalized spacial score (nSPS) is 11.7. The van der Waals surface area contributed by atoms with Crippen molar-refractivity contribution in [3.05, 3.63) is 0 Å². The van der Waals surface area contributed by atoms with E-state index in [1.165, 1.54) is 25.7 Å². The zero-order valence-electron chi connectivity index (χ0n) is 12.3. The van der Waals surface area contributed by atoms with Crippen LogP contribution in [0.25, 0.3) is 0 Å². The maximum absolute atomic E-state index is 11.5. The summed E-state index contributed by atoms with van der Waals surface area (Å²) in [5, 5.41) is 3.33. The van der Waals surface area contributed by atoms with Gasteiger partial charge in [0.05, 0.1) is 6.61 Å². The highest BCUT2D eigenvalue weighted by Gasteiger charge is 2.14. The first-order valence-electron chi connectivity index (χ1n) is 7.21. The highest BCUT2D eigenvalue weighted by molar-refractivity contribution is 5.75. The predicted octanol–water partition coefficient (Wildman–Crippen LogP) is 0.813. The van der Waals surface area contributed by atoms with E-state index in [4.69, 9.17) is 26.8 Å².